The largest absolute Gasteiger partial charge is 0.309 e. The Morgan fingerprint density at radius 2 is 1.50 bits per heavy atom. The van der Waals surface area contributed by atoms with Crippen molar-refractivity contribution in [1.29, 1.82) is 0 Å². The van der Waals surface area contributed by atoms with Gasteiger partial charge in [0.25, 0.3) is 0 Å². The van der Waals surface area contributed by atoms with Crippen LogP contribution >= 0.6 is 11.3 Å². The molecule has 1 heterocycles. The third kappa shape index (κ3) is 5.54. The number of aromatic nitrogens is 1. The van der Waals surface area contributed by atoms with Gasteiger partial charge in [-0.05, 0) is 69.2 Å². The Bertz CT molecular complexity index is 1190. The van der Waals surface area contributed by atoms with E-state index >= 15 is 0 Å². The molecule has 0 radical (unpaired) electrons. The number of fused-ring (bicyclic) bond motifs is 1. The summed E-state index contributed by atoms with van der Waals surface area (Å²) in [7, 11) is 4.13. The van der Waals surface area contributed by atoms with Crippen molar-refractivity contribution in [3.05, 3.63) is 95.1 Å². The summed E-state index contributed by atoms with van der Waals surface area (Å²) in [5, 5.41) is 0.798. The summed E-state index contributed by atoms with van der Waals surface area (Å²) in [6.07, 6.45) is 1.30. The molecule has 176 valence electrons. The predicted octanol–water partition coefficient (Wildman–Crippen LogP) is 6.42. The van der Waals surface area contributed by atoms with Gasteiger partial charge in [-0.15, -0.1) is 0 Å². The van der Waals surface area contributed by atoms with Gasteiger partial charge < -0.3 is 4.90 Å². The molecule has 0 saturated carbocycles. The van der Waals surface area contributed by atoms with Crippen molar-refractivity contribution < 1.29 is 4.79 Å². The smallest absolute Gasteiger partial charge is 0.229 e. The molecule has 4 aromatic rings. The molecule has 0 aliphatic rings. The Morgan fingerprint density at radius 3 is 2.09 bits per heavy atom. The zero-order chi connectivity index (χ0) is 24.1. The van der Waals surface area contributed by atoms with E-state index < -0.39 is 0 Å². The van der Waals surface area contributed by atoms with Crippen molar-refractivity contribution in [1.82, 2.24) is 9.88 Å². The summed E-state index contributed by atoms with van der Waals surface area (Å²) >= 11 is 1.61. The summed E-state index contributed by atoms with van der Waals surface area (Å²) in [6.45, 7) is 5.80. The van der Waals surface area contributed by atoms with Crippen molar-refractivity contribution in [2.75, 3.05) is 32.1 Å². The first kappa shape index (κ1) is 24.1. The Hall–Kier alpha value is -3.02. The van der Waals surface area contributed by atoms with Gasteiger partial charge in [0.15, 0.2) is 5.13 Å². The average Bonchev–Trinajstić information content (AvgIpc) is 3.28. The van der Waals surface area contributed by atoms with Crippen molar-refractivity contribution in [3.8, 4) is 0 Å². The SMILES string of the molecule is Cc1ccc2sc(N(CCCN(C)C)C(=O)CC(c3ccccc3)c3ccccc3)nc2c1C. The maximum Gasteiger partial charge on any atom is 0.229 e. The van der Waals surface area contributed by atoms with Gasteiger partial charge in [0.05, 0.1) is 10.2 Å². The first-order chi connectivity index (χ1) is 16.4. The van der Waals surface area contributed by atoms with Crippen LogP contribution in [-0.4, -0.2) is 43.0 Å². The van der Waals surface area contributed by atoms with E-state index in [1.165, 1.54) is 11.1 Å². The lowest BCUT2D eigenvalue weighted by atomic mass is 9.88. The second-order valence-corrected chi connectivity index (χ2v) is 10.1. The number of rotatable bonds is 9. The molecule has 3 aromatic carbocycles. The topological polar surface area (TPSA) is 36.4 Å². The Labute approximate surface area is 206 Å². The minimum atomic E-state index is 0.00427. The van der Waals surface area contributed by atoms with Crippen molar-refractivity contribution >= 4 is 32.6 Å². The number of hydrogen-bond acceptors (Lipinski definition) is 4. The van der Waals surface area contributed by atoms with Crippen LogP contribution in [0.2, 0.25) is 0 Å². The molecule has 34 heavy (non-hydrogen) atoms. The number of anilines is 1. The second-order valence-electron chi connectivity index (χ2n) is 9.13. The van der Waals surface area contributed by atoms with Crippen LogP contribution in [0.5, 0.6) is 0 Å². The molecule has 0 spiro atoms. The number of amides is 1. The molecular formula is C29H33N3OS. The number of thiazole rings is 1. The van der Waals surface area contributed by atoms with Crippen LogP contribution in [0.4, 0.5) is 5.13 Å². The number of carbonyl (C=O) groups is 1. The molecule has 4 nitrogen and oxygen atoms in total. The summed E-state index contributed by atoms with van der Waals surface area (Å²) in [5.41, 5.74) is 5.74. The number of hydrogen-bond donors (Lipinski definition) is 0. The minimum Gasteiger partial charge on any atom is -0.309 e. The standard InChI is InChI=1S/C29H33N3OS/c1-21-16-17-26-28(22(21)2)30-29(34-26)32(19-11-18-31(3)4)27(33)20-25(23-12-7-5-8-13-23)24-14-9-6-10-15-24/h5-10,12-17,25H,11,18-20H2,1-4H3. The predicted molar refractivity (Wildman–Crippen MR) is 144 cm³/mol. The van der Waals surface area contributed by atoms with Crippen LogP contribution in [0.25, 0.3) is 10.2 Å². The van der Waals surface area contributed by atoms with Gasteiger partial charge in [0.2, 0.25) is 5.91 Å². The fraction of sp³-hybridized carbons (Fsp3) is 0.310. The summed E-state index contributed by atoms with van der Waals surface area (Å²) in [5.74, 6) is 0.120. The summed E-state index contributed by atoms with van der Waals surface area (Å²) in [4.78, 5) is 22.9. The molecule has 0 unspecified atom stereocenters. The molecule has 1 aromatic heterocycles. The van der Waals surface area contributed by atoms with Crippen LogP contribution in [-0.2, 0) is 4.79 Å². The monoisotopic (exact) mass is 471 g/mol. The molecule has 0 atom stereocenters. The lowest BCUT2D eigenvalue weighted by molar-refractivity contribution is -0.118. The second kappa shape index (κ2) is 10.9. The van der Waals surface area contributed by atoms with E-state index in [1.807, 2.05) is 41.3 Å². The van der Waals surface area contributed by atoms with Gasteiger partial charge in [-0.2, -0.15) is 0 Å². The van der Waals surface area contributed by atoms with E-state index in [1.54, 1.807) is 11.3 Å². The van der Waals surface area contributed by atoms with Crippen LogP contribution in [0.15, 0.2) is 72.8 Å². The van der Waals surface area contributed by atoms with Crippen molar-refractivity contribution in [2.24, 2.45) is 0 Å². The fourth-order valence-corrected chi connectivity index (χ4v) is 5.35. The van der Waals surface area contributed by atoms with Gasteiger partial charge >= 0.3 is 0 Å². The van der Waals surface area contributed by atoms with Crippen molar-refractivity contribution in [3.63, 3.8) is 0 Å². The highest BCUT2D eigenvalue weighted by atomic mass is 32.1. The molecule has 0 saturated heterocycles. The first-order valence-corrected chi connectivity index (χ1v) is 12.7. The quantitative estimate of drug-likeness (QED) is 0.283. The molecule has 4 rings (SSSR count). The number of aryl methyl sites for hydroxylation is 2. The molecular weight excluding hydrogens is 438 g/mol. The third-order valence-electron chi connectivity index (χ3n) is 6.38. The highest BCUT2D eigenvalue weighted by Crippen LogP contribution is 2.34. The van der Waals surface area contributed by atoms with Gasteiger partial charge in [-0.25, -0.2) is 4.98 Å². The van der Waals surface area contributed by atoms with Gasteiger partial charge in [0, 0.05) is 18.9 Å². The van der Waals surface area contributed by atoms with Gasteiger partial charge in [-0.3, -0.25) is 9.69 Å². The fourth-order valence-electron chi connectivity index (χ4n) is 4.29. The minimum absolute atomic E-state index is 0.00427. The molecule has 0 N–H and O–H groups in total. The lowest BCUT2D eigenvalue weighted by Gasteiger charge is -2.24. The number of nitrogens with zero attached hydrogens (tertiary/aromatic N) is 3. The zero-order valence-electron chi connectivity index (χ0n) is 20.5. The molecule has 0 fully saturated rings. The summed E-state index contributed by atoms with van der Waals surface area (Å²) in [6, 6.07) is 24.9. The number of benzene rings is 3. The molecule has 5 heteroatoms. The van der Waals surface area contributed by atoms with E-state index in [2.05, 4.69) is 69.2 Å². The van der Waals surface area contributed by atoms with Gasteiger partial charge in [-0.1, -0.05) is 78.1 Å². The highest BCUT2D eigenvalue weighted by Gasteiger charge is 2.25. The molecule has 0 bridgehead atoms. The Morgan fingerprint density at radius 1 is 0.882 bits per heavy atom. The van der Waals surface area contributed by atoms with E-state index in [9.17, 15) is 4.79 Å². The van der Waals surface area contributed by atoms with Crippen molar-refractivity contribution in [2.45, 2.75) is 32.6 Å². The normalized spacial score (nSPS) is 11.5. The van der Waals surface area contributed by atoms with E-state index in [0.29, 0.717) is 13.0 Å². The molecule has 1 amide bonds. The van der Waals surface area contributed by atoms with E-state index in [-0.39, 0.29) is 11.8 Å². The van der Waals surface area contributed by atoms with Crippen LogP contribution < -0.4 is 4.90 Å². The average molecular weight is 472 g/mol. The highest BCUT2D eigenvalue weighted by molar-refractivity contribution is 7.22. The van der Waals surface area contributed by atoms with Gasteiger partial charge in [0.1, 0.15) is 0 Å². The summed E-state index contributed by atoms with van der Waals surface area (Å²) < 4.78 is 1.13. The zero-order valence-corrected chi connectivity index (χ0v) is 21.3. The van der Waals surface area contributed by atoms with Crippen LogP contribution in [0, 0.1) is 13.8 Å². The number of carbonyl (C=O) groups excluding carboxylic acids is 1. The van der Waals surface area contributed by atoms with Crippen LogP contribution in [0.3, 0.4) is 0 Å². The third-order valence-corrected chi connectivity index (χ3v) is 7.42. The Balaban J connectivity index is 1.67. The maximum absolute atomic E-state index is 13.9. The Kier molecular flexibility index (Phi) is 7.76. The molecule has 0 aliphatic carbocycles. The molecule has 0 aliphatic heterocycles. The first-order valence-electron chi connectivity index (χ1n) is 11.9. The van der Waals surface area contributed by atoms with E-state index in [4.69, 9.17) is 4.98 Å². The maximum atomic E-state index is 13.9. The van der Waals surface area contributed by atoms with Crippen LogP contribution in [0.1, 0.15) is 41.0 Å². The van der Waals surface area contributed by atoms with E-state index in [0.717, 1.165) is 39.4 Å². The lowest BCUT2D eigenvalue weighted by Crippen LogP contribution is -2.34.